The zero-order valence-corrected chi connectivity index (χ0v) is 19.0. The van der Waals surface area contributed by atoms with Crippen LogP contribution in [0, 0.1) is 0 Å². The topological polar surface area (TPSA) is 118 Å². The molecule has 0 saturated carbocycles. The molecule has 9 nitrogen and oxygen atoms in total. The van der Waals surface area contributed by atoms with Crippen LogP contribution in [0.2, 0.25) is 0 Å². The predicted molar refractivity (Wildman–Crippen MR) is 124 cm³/mol. The number of nitrogens with two attached hydrogens (primary N) is 1. The Morgan fingerprint density at radius 2 is 1.78 bits per heavy atom. The van der Waals surface area contributed by atoms with Crippen LogP contribution in [0.5, 0.6) is 11.5 Å². The molecular weight excluding hydrogens is 410 g/mol. The Bertz CT molecular complexity index is 944. The molecule has 0 aliphatic rings. The van der Waals surface area contributed by atoms with Gasteiger partial charge in [0.1, 0.15) is 11.5 Å². The number of ether oxygens (including phenoxy) is 2. The number of nitrogens with zero attached hydrogens (tertiary/aromatic N) is 2. The number of carbonyl (C=O) groups is 2. The maximum Gasteiger partial charge on any atom is 0.251 e. The van der Waals surface area contributed by atoms with Crippen molar-refractivity contribution in [3.05, 3.63) is 59.2 Å². The first kappa shape index (κ1) is 24.5. The second kappa shape index (κ2) is 12.2. The molecule has 0 saturated heterocycles. The third kappa shape index (κ3) is 7.19. The van der Waals surface area contributed by atoms with Crippen molar-refractivity contribution in [1.82, 2.24) is 15.5 Å². The van der Waals surface area contributed by atoms with Gasteiger partial charge in [-0.3, -0.25) is 9.59 Å². The summed E-state index contributed by atoms with van der Waals surface area (Å²) in [6.45, 7) is 3.58. The smallest absolute Gasteiger partial charge is 0.251 e. The summed E-state index contributed by atoms with van der Waals surface area (Å²) in [5.74, 6) is 1.29. The van der Waals surface area contributed by atoms with Crippen molar-refractivity contribution in [2.75, 3.05) is 34.4 Å². The second-order valence-electron chi connectivity index (χ2n) is 7.05. The standard InChI is InChI=1S/C23H31N5O4/c1-5-25-23(28(2)15-18-10-11-19(31-3)12-20(18)32-4)27-13-16-6-8-17(9-7-16)22(30)26-14-21(24)29/h6-12H,5,13-15H2,1-4H3,(H2,24,29)(H,25,27)(H,26,30). The molecule has 2 rings (SSSR count). The largest absolute Gasteiger partial charge is 0.497 e. The van der Waals surface area contributed by atoms with Gasteiger partial charge < -0.3 is 30.7 Å². The molecule has 32 heavy (non-hydrogen) atoms. The number of aliphatic imine (C=N–C) groups is 1. The predicted octanol–water partition coefficient (Wildman–Crippen LogP) is 1.52. The van der Waals surface area contributed by atoms with E-state index in [1.54, 1.807) is 26.4 Å². The van der Waals surface area contributed by atoms with Crippen molar-refractivity contribution in [2.24, 2.45) is 10.7 Å². The molecule has 0 aliphatic carbocycles. The summed E-state index contributed by atoms with van der Waals surface area (Å²) < 4.78 is 10.8. The van der Waals surface area contributed by atoms with E-state index in [9.17, 15) is 9.59 Å². The number of hydrogen-bond donors (Lipinski definition) is 3. The molecule has 0 spiro atoms. The molecule has 0 aromatic heterocycles. The van der Waals surface area contributed by atoms with E-state index < -0.39 is 5.91 Å². The van der Waals surface area contributed by atoms with Gasteiger partial charge in [0.2, 0.25) is 5.91 Å². The average Bonchev–Trinajstić information content (AvgIpc) is 2.80. The summed E-state index contributed by atoms with van der Waals surface area (Å²) in [6, 6.07) is 12.8. The fourth-order valence-corrected chi connectivity index (χ4v) is 2.98. The lowest BCUT2D eigenvalue weighted by Crippen LogP contribution is -2.38. The molecule has 172 valence electrons. The number of rotatable bonds is 10. The Labute approximate surface area is 188 Å². The number of hydrogen-bond acceptors (Lipinski definition) is 5. The van der Waals surface area contributed by atoms with Crippen molar-refractivity contribution in [3.63, 3.8) is 0 Å². The first-order valence-corrected chi connectivity index (χ1v) is 10.2. The van der Waals surface area contributed by atoms with Crippen LogP contribution in [0.4, 0.5) is 0 Å². The number of nitrogens with one attached hydrogen (secondary N) is 2. The summed E-state index contributed by atoms with van der Waals surface area (Å²) in [7, 11) is 5.21. The fraction of sp³-hybridized carbons (Fsp3) is 0.348. The highest BCUT2D eigenvalue weighted by molar-refractivity contribution is 5.96. The zero-order valence-electron chi connectivity index (χ0n) is 19.0. The van der Waals surface area contributed by atoms with E-state index in [0.717, 1.165) is 35.1 Å². The maximum atomic E-state index is 12.0. The maximum absolute atomic E-state index is 12.0. The minimum atomic E-state index is -0.586. The summed E-state index contributed by atoms with van der Waals surface area (Å²) >= 11 is 0. The highest BCUT2D eigenvalue weighted by Crippen LogP contribution is 2.25. The Morgan fingerprint density at radius 3 is 2.38 bits per heavy atom. The second-order valence-corrected chi connectivity index (χ2v) is 7.05. The van der Waals surface area contributed by atoms with Crippen molar-refractivity contribution < 1.29 is 19.1 Å². The van der Waals surface area contributed by atoms with Crippen LogP contribution < -0.4 is 25.8 Å². The zero-order chi connectivity index (χ0) is 23.5. The van der Waals surface area contributed by atoms with Gasteiger partial charge in [-0.15, -0.1) is 0 Å². The normalized spacial score (nSPS) is 10.9. The Balaban J connectivity index is 2.07. The quantitative estimate of drug-likeness (QED) is 0.380. The van der Waals surface area contributed by atoms with E-state index >= 15 is 0 Å². The van der Waals surface area contributed by atoms with Gasteiger partial charge in [0.05, 0.1) is 27.3 Å². The number of guanidine groups is 1. The molecule has 2 aromatic rings. The number of methoxy groups -OCH3 is 2. The molecule has 0 bridgehead atoms. The molecular formula is C23H31N5O4. The van der Waals surface area contributed by atoms with Crippen LogP contribution >= 0.6 is 0 Å². The van der Waals surface area contributed by atoms with Crippen molar-refractivity contribution in [2.45, 2.75) is 20.0 Å². The lowest BCUT2D eigenvalue weighted by Gasteiger charge is -2.23. The first-order valence-electron chi connectivity index (χ1n) is 10.2. The Kier molecular flexibility index (Phi) is 9.34. The van der Waals surface area contributed by atoms with E-state index in [-0.39, 0.29) is 12.5 Å². The van der Waals surface area contributed by atoms with Gasteiger partial charge in [-0.2, -0.15) is 0 Å². The average molecular weight is 442 g/mol. The molecule has 0 aliphatic heterocycles. The lowest BCUT2D eigenvalue weighted by atomic mass is 10.1. The molecule has 2 aromatic carbocycles. The number of benzene rings is 2. The number of primary amides is 1. The van der Waals surface area contributed by atoms with Gasteiger partial charge >= 0.3 is 0 Å². The van der Waals surface area contributed by atoms with Crippen LogP contribution in [0.1, 0.15) is 28.4 Å². The summed E-state index contributed by atoms with van der Waals surface area (Å²) in [4.78, 5) is 29.5. The van der Waals surface area contributed by atoms with Crippen LogP contribution in [-0.4, -0.2) is 57.0 Å². The van der Waals surface area contributed by atoms with Gasteiger partial charge in [-0.05, 0) is 36.8 Å². The van der Waals surface area contributed by atoms with Crippen LogP contribution in [0.25, 0.3) is 0 Å². The van der Waals surface area contributed by atoms with E-state index in [1.807, 2.05) is 49.2 Å². The Morgan fingerprint density at radius 1 is 1.06 bits per heavy atom. The third-order valence-electron chi connectivity index (χ3n) is 4.65. The van der Waals surface area contributed by atoms with Gasteiger partial charge in [0.25, 0.3) is 5.91 Å². The van der Waals surface area contributed by atoms with Gasteiger partial charge in [0, 0.05) is 37.3 Å². The minimum absolute atomic E-state index is 0.192. The fourth-order valence-electron chi connectivity index (χ4n) is 2.98. The van der Waals surface area contributed by atoms with Crippen molar-refractivity contribution in [3.8, 4) is 11.5 Å². The summed E-state index contributed by atoms with van der Waals surface area (Å²) in [6.07, 6.45) is 0. The molecule has 0 atom stereocenters. The minimum Gasteiger partial charge on any atom is -0.497 e. The van der Waals surface area contributed by atoms with E-state index in [2.05, 4.69) is 10.6 Å². The molecule has 0 heterocycles. The molecule has 2 amide bonds. The molecule has 4 N–H and O–H groups in total. The van der Waals surface area contributed by atoms with E-state index in [0.29, 0.717) is 18.7 Å². The van der Waals surface area contributed by atoms with E-state index in [1.165, 1.54) is 0 Å². The monoisotopic (exact) mass is 441 g/mol. The SMILES string of the molecule is CCNC(=NCc1ccc(C(=O)NCC(N)=O)cc1)N(C)Cc1ccc(OC)cc1OC. The molecule has 0 unspecified atom stereocenters. The van der Waals surface area contributed by atoms with Gasteiger partial charge in [-0.1, -0.05) is 12.1 Å². The number of carbonyl (C=O) groups excluding carboxylic acids is 2. The van der Waals surface area contributed by atoms with Crippen molar-refractivity contribution in [1.29, 1.82) is 0 Å². The summed E-state index contributed by atoms with van der Waals surface area (Å²) in [5, 5.41) is 5.76. The highest BCUT2D eigenvalue weighted by atomic mass is 16.5. The van der Waals surface area contributed by atoms with Gasteiger partial charge in [-0.25, -0.2) is 4.99 Å². The highest BCUT2D eigenvalue weighted by Gasteiger charge is 2.12. The Hall–Kier alpha value is -3.75. The van der Waals surface area contributed by atoms with Crippen molar-refractivity contribution >= 4 is 17.8 Å². The third-order valence-corrected chi connectivity index (χ3v) is 4.65. The first-order chi connectivity index (χ1) is 15.4. The lowest BCUT2D eigenvalue weighted by molar-refractivity contribution is -0.117. The van der Waals surface area contributed by atoms with Gasteiger partial charge in [0.15, 0.2) is 5.96 Å². The molecule has 0 fully saturated rings. The summed E-state index contributed by atoms with van der Waals surface area (Å²) in [5.41, 5.74) is 7.45. The number of amides is 2. The molecule has 0 radical (unpaired) electrons. The molecule has 9 heteroatoms. The van der Waals surface area contributed by atoms with Crippen LogP contribution in [-0.2, 0) is 17.9 Å². The van der Waals surface area contributed by atoms with Crippen LogP contribution in [0.15, 0.2) is 47.5 Å². The van der Waals surface area contributed by atoms with Crippen LogP contribution in [0.3, 0.4) is 0 Å². The van der Waals surface area contributed by atoms with E-state index in [4.69, 9.17) is 20.2 Å².